The third kappa shape index (κ3) is 3.80. The minimum absolute atomic E-state index is 0.159. The van der Waals surface area contributed by atoms with Gasteiger partial charge in [0.25, 0.3) is 11.8 Å². The minimum atomic E-state index is -4.56. The highest BCUT2D eigenvalue weighted by molar-refractivity contribution is 6.31. The van der Waals surface area contributed by atoms with Crippen LogP contribution in [0.2, 0.25) is 5.02 Å². The number of aromatic amines is 1. The van der Waals surface area contributed by atoms with Crippen molar-refractivity contribution < 1.29 is 22.8 Å². The molecule has 2 aromatic carbocycles. The molecule has 2 amide bonds. The molecule has 0 radical (unpaired) electrons. The zero-order chi connectivity index (χ0) is 18.9. The Morgan fingerprint density at radius 3 is 2.42 bits per heavy atom. The number of halogens is 4. The molecule has 0 saturated heterocycles. The summed E-state index contributed by atoms with van der Waals surface area (Å²) in [4.78, 5) is 26.9. The first-order valence-corrected chi connectivity index (χ1v) is 7.68. The average Bonchev–Trinajstić information content (AvgIpc) is 3.02. The van der Waals surface area contributed by atoms with Crippen molar-refractivity contribution in [2.45, 2.75) is 6.18 Å². The van der Waals surface area contributed by atoms with Crippen LogP contribution in [0.3, 0.4) is 0 Å². The molecule has 0 spiro atoms. The van der Waals surface area contributed by atoms with E-state index in [2.05, 4.69) is 15.8 Å². The highest BCUT2D eigenvalue weighted by atomic mass is 35.5. The van der Waals surface area contributed by atoms with Gasteiger partial charge in [-0.2, -0.15) is 13.2 Å². The first-order valence-electron chi connectivity index (χ1n) is 7.30. The maximum absolute atomic E-state index is 12.7. The van der Waals surface area contributed by atoms with E-state index in [1.165, 1.54) is 12.1 Å². The number of benzene rings is 2. The largest absolute Gasteiger partial charge is 0.416 e. The van der Waals surface area contributed by atoms with E-state index >= 15 is 0 Å². The first kappa shape index (κ1) is 17.8. The van der Waals surface area contributed by atoms with E-state index in [9.17, 15) is 22.8 Å². The van der Waals surface area contributed by atoms with Crippen molar-refractivity contribution in [2.75, 3.05) is 0 Å². The summed E-state index contributed by atoms with van der Waals surface area (Å²) >= 11 is 5.87. The number of alkyl halides is 3. The standard InChI is InChI=1S/C17H11ClF3N3O2/c18-12-4-5-13-10(7-12)8-14(22-13)16(26)24-23-15(25)9-2-1-3-11(6-9)17(19,20)21/h1-8,22H,(H,23,25)(H,24,26). The highest BCUT2D eigenvalue weighted by Gasteiger charge is 2.30. The van der Waals surface area contributed by atoms with Gasteiger partial charge in [-0.15, -0.1) is 0 Å². The van der Waals surface area contributed by atoms with Gasteiger partial charge in [-0.25, -0.2) is 0 Å². The summed E-state index contributed by atoms with van der Waals surface area (Å²) in [6, 6.07) is 10.4. The fourth-order valence-corrected chi connectivity index (χ4v) is 2.50. The van der Waals surface area contributed by atoms with Crippen LogP contribution in [0.25, 0.3) is 10.9 Å². The molecule has 0 fully saturated rings. The Morgan fingerprint density at radius 1 is 0.962 bits per heavy atom. The van der Waals surface area contributed by atoms with Gasteiger partial charge in [0.1, 0.15) is 5.69 Å². The molecule has 0 saturated carbocycles. The Balaban J connectivity index is 1.69. The molecular formula is C17H11ClF3N3O2. The maximum atomic E-state index is 12.7. The predicted molar refractivity (Wildman–Crippen MR) is 89.7 cm³/mol. The molecule has 0 unspecified atom stereocenters. The number of nitrogens with one attached hydrogen (secondary N) is 3. The zero-order valence-corrected chi connectivity index (χ0v) is 13.7. The van der Waals surface area contributed by atoms with Crippen LogP contribution < -0.4 is 10.9 Å². The van der Waals surface area contributed by atoms with E-state index in [1.54, 1.807) is 18.2 Å². The van der Waals surface area contributed by atoms with Crippen molar-refractivity contribution in [1.82, 2.24) is 15.8 Å². The van der Waals surface area contributed by atoms with Gasteiger partial charge >= 0.3 is 6.18 Å². The normalized spacial score (nSPS) is 11.4. The van der Waals surface area contributed by atoms with Crippen molar-refractivity contribution in [1.29, 1.82) is 0 Å². The van der Waals surface area contributed by atoms with E-state index in [-0.39, 0.29) is 11.3 Å². The third-order valence-corrected chi connectivity index (χ3v) is 3.80. The monoisotopic (exact) mass is 381 g/mol. The molecule has 134 valence electrons. The molecule has 5 nitrogen and oxygen atoms in total. The van der Waals surface area contributed by atoms with Crippen LogP contribution in [0.1, 0.15) is 26.4 Å². The van der Waals surface area contributed by atoms with Crippen LogP contribution in [-0.4, -0.2) is 16.8 Å². The summed E-state index contributed by atoms with van der Waals surface area (Å²) in [6.45, 7) is 0. The smallest absolute Gasteiger partial charge is 0.350 e. The van der Waals surface area contributed by atoms with Gasteiger partial charge in [0.15, 0.2) is 0 Å². The number of rotatable bonds is 2. The van der Waals surface area contributed by atoms with Crippen LogP contribution >= 0.6 is 11.6 Å². The second-order valence-electron chi connectivity index (χ2n) is 5.40. The number of carbonyl (C=O) groups is 2. The molecule has 1 aromatic heterocycles. The average molecular weight is 382 g/mol. The Hall–Kier alpha value is -3.00. The van der Waals surface area contributed by atoms with Crippen molar-refractivity contribution >= 4 is 34.3 Å². The number of hydrazine groups is 1. The summed E-state index contributed by atoms with van der Waals surface area (Å²) in [6.07, 6.45) is -4.56. The lowest BCUT2D eigenvalue weighted by Crippen LogP contribution is -2.41. The number of aromatic nitrogens is 1. The Bertz CT molecular complexity index is 998. The molecule has 9 heteroatoms. The quantitative estimate of drug-likeness (QED) is 0.589. The molecule has 3 N–H and O–H groups in total. The number of hydrogen-bond acceptors (Lipinski definition) is 2. The molecule has 3 aromatic rings. The predicted octanol–water partition coefficient (Wildman–Crippen LogP) is 3.91. The lowest BCUT2D eigenvalue weighted by Gasteiger charge is -2.09. The van der Waals surface area contributed by atoms with Gasteiger partial charge in [0.05, 0.1) is 5.56 Å². The molecule has 26 heavy (non-hydrogen) atoms. The van der Waals surface area contributed by atoms with E-state index in [1.807, 2.05) is 0 Å². The summed E-state index contributed by atoms with van der Waals surface area (Å²) in [5.74, 6) is -1.53. The summed E-state index contributed by atoms with van der Waals surface area (Å²) in [5, 5.41) is 1.20. The van der Waals surface area contributed by atoms with Gasteiger partial charge in [-0.05, 0) is 42.5 Å². The van der Waals surface area contributed by atoms with Crippen LogP contribution in [0, 0.1) is 0 Å². The van der Waals surface area contributed by atoms with E-state index in [4.69, 9.17) is 11.6 Å². The van der Waals surface area contributed by atoms with Crippen LogP contribution in [-0.2, 0) is 6.18 Å². The van der Waals surface area contributed by atoms with Crippen molar-refractivity contribution in [2.24, 2.45) is 0 Å². The molecule has 0 aliphatic rings. The second-order valence-corrected chi connectivity index (χ2v) is 5.84. The van der Waals surface area contributed by atoms with Gasteiger partial charge in [0, 0.05) is 21.5 Å². The van der Waals surface area contributed by atoms with Crippen LogP contribution in [0.4, 0.5) is 13.2 Å². The number of fused-ring (bicyclic) bond motifs is 1. The Morgan fingerprint density at radius 2 is 1.69 bits per heavy atom. The SMILES string of the molecule is O=C(NNC(=O)c1cc2cc(Cl)ccc2[nH]1)c1cccc(C(F)(F)F)c1. The molecule has 0 aliphatic heterocycles. The first-order chi connectivity index (χ1) is 12.2. The van der Waals surface area contributed by atoms with Gasteiger partial charge < -0.3 is 4.98 Å². The molecule has 0 atom stereocenters. The topological polar surface area (TPSA) is 74.0 Å². The second kappa shape index (κ2) is 6.72. The van der Waals surface area contributed by atoms with Crippen molar-refractivity contribution in [3.8, 4) is 0 Å². The third-order valence-electron chi connectivity index (χ3n) is 3.57. The fraction of sp³-hybridized carbons (Fsp3) is 0.0588. The van der Waals surface area contributed by atoms with E-state index in [0.717, 1.165) is 12.1 Å². The zero-order valence-electron chi connectivity index (χ0n) is 12.9. The highest BCUT2D eigenvalue weighted by Crippen LogP contribution is 2.29. The van der Waals surface area contributed by atoms with E-state index < -0.39 is 23.6 Å². The van der Waals surface area contributed by atoms with Crippen LogP contribution in [0.5, 0.6) is 0 Å². The maximum Gasteiger partial charge on any atom is 0.416 e. The summed E-state index contributed by atoms with van der Waals surface area (Å²) < 4.78 is 38.0. The van der Waals surface area contributed by atoms with Gasteiger partial charge in [0.2, 0.25) is 0 Å². The Labute approximate surface area is 150 Å². The molecule has 3 rings (SSSR count). The minimum Gasteiger partial charge on any atom is -0.350 e. The Kier molecular flexibility index (Phi) is 4.60. The number of H-pyrrole nitrogens is 1. The number of amides is 2. The van der Waals surface area contributed by atoms with Gasteiger partial charge in [-0.3, -0.25) is 20.4 Å². The summed E-state index contributed by atoms with van der Waals surface area (Å²) in [7, 11) is 0. The van der Waals surface area contributed by atoms with Gasteiger partial charge in [-0.1, -0.05) is 17.7 Å². The van der Waals surface area contributed by atoms with Crippen LogP contribution in [0.15, 0.2) is 48.5 Å². The molecule has 0 bridgehead atoms. The van der Waals surface area contributed by atoms with Crippen molar-refractivity contribution in [3.63, 3.8) is 0 Å². The fourth-order valence-electron chi connectivity index (χ4n) is 2.32. The van der Waals surface area contributed by atoms with Crippen molar-refractivity contribution in [3.05, 3.63) is 70.4 Å². The molecular weight excluding hydrogens is 371 g/mol. The lowest BCUT2D eigenvalue weighted by atomic mass is 10.1. The number of hydrogen-bond donors (Lipinski definition) is 3. The molecule has 0 aliphatic carbocycles. The lowest BCUT2D eigenvalue weighted by molar-refractivity contribution is -0.137. The summed E-state index contributed by atoms with van der Waals surface area (Å²) in [5.41, 5.74) is 3.87. The number of carbonyl (C=O) groups excluding carboxylic acids is 2. The molecule has 1 heterocycles. The van der Waals surface area contributed by atoms with E-state index in [0.29, 0.717) is 22.0 Å².